The summed E-state index contributed by atoms with van der Waals surface area (Å²) in [6.45, 7) is 0.238. The fraction of sp³-hybridized carbons (Fsp3) is 0.294. The van der Waals surface area contributed by atoms with Crippen LogP contribution in [0, 0.1) is 10.1 Å². The number of sulfonamides is 1. The molecule has 9 nitrogen and oxygen atoms in total. The van der Waals surface area contributed by atoms with Gasteiger partial charge in [-0.2, -0.15) is 4.31 Å². The molecule has 0 spiro atoms. The number of nitro groups is 1. The number of nitrogens with zero attached hydrogens (tertiary/aromatic N) is 3. The van der Waals surface area contributed by atoms with Crippen molar-refractivity contribution in [1.82, 2.24) is 9.29 Å². The third-order valence-electron chi connectivity index (χ3n) is 4.68. The van der Waals surface area contributed by atoms with Gasteiger partial charge in [-0.15, -0.1) is 11.3 Å². The molecule has 4 rings (SSSR count). The molecular formula is C17H15ClN4O5S3. The molecule has 1 fully saturated rings. The average Bonchev–Trinajstić information content (AvgIpc) is 3.33. The van der Waals surface area contributed by atoms with E-state index in [9.17, 15) is 23.3 Å². The fourth-order valence-electron chi connectivity index (χ4n) is 3.28. The molecule has 0 aliphatic carbocycles. The van der Waals surface area contributed by atoms with Crippen LogP contribution >= 0.6 is 34.3 Å². The molecule has 1 aliphatic rings. The average molecular weight is 487 g/mol. The summed E-state index contributed by atoms with van der Waals surface area (Å²) in [5, 5.41) is 13.9. The van der Waals surface area contributed by atoms with Crippen molar-refractivity contribution in [3.05, 3.63) is 44.8 Å². The van der Waals surface area contributed by atoms with Gasteiger partial charge in [0, 0.05) is 18.7 Å². The summed E-state index contributed by atoms with van der Waals surface area (Å²) in [5.74, 6) is -0.477. The Morgan fingerprint density at radius 2 is 2.07 bits per heavy atom. The highest BCUT2D eigenvalue weighted by Gasteiger charge is 2.38. The van der Waals surface area contributed by atoms with Crippen LogP contribution in [0.4, 0.5) is 10.8 Å². The van der Waals surface area contributed by atoms with Crippen LogP contribution in [0.25, 0.3) is 10.2 Å². The van der Waals surface area contributed by atoms with Gasteiger partial charge in [-0.1, -0.05) is 29.4 Å². The van der Waals surface area contributed by atoms with Gasteiger partial charge in [0.05, 0.1) is 19.5 Å². The molecule has 158 valence electrons. The van der Waals surface area contributed by atoms with Gasteiger partial charge < -0.3 is 5.32 Å². The van der Waals surface area contributed by atoms with Gasteiger partial charge in [0.1, 0.15) is 10.3 Å². The SMILES string of the molecule is O=C(Nc1nc2ccc([N+](=O)[O-])cc2s1)C1CCCCN1S(=O)(=O)c1ccc(Cl)s1. The van der Waals surface area contributed by atoms with Crippen molar-refractivity contribution in [2.45, 2.75) is 29.5 Å². The number of fused-ring (bicyclic) bond motifs is 1. The number of carbonyl (C=O) groups excluding carboxylic acids is 1. The van der Waals surface area contributed by atoms with Gasteiger partial charge in [0.15, 0.2) is 5.13 Å². The predicted molar refractivity (Wildman–Crippen MR) is 116 cm³/mol. The van der Waals surface area contributed by atoms with Gasteiger partial charge in [-0.3, -0.25) is 14.9 Å². The first-order chi connectivity index (χ1) is 14.3. The largest absolute Gasteiger partial charge is 0.301 e. The van der Waals surface area contributed by atoms with E-state index in [0.29, 0.717) is 27.4 Å². The van der Waals surface area contributed by atoms with E-state index in [1.165, 1.54) is 34.6 Å². The number of nitro benzene ring substituents is 1. The maximum atomic E-state index is 13.0. The molecular weight excluding hydrogens is 472 g/mol. The van der Waals surface area contributed by atoms with Crippen molar-refractivity contribution in [2.75, 3.05) is 11.9 Å². The number of non-ortho nitro benzene ring substituents is 1. The lowest BCUT2D eigenvalue weighted by Gasteiger charge is -2.32. The molecule has 0 radical (unpaired) electrons. The van der Waals surface area contributed by atoms with E-state index in [2.05, 4.69) is 10.3 Å². The summed E-state index contributed by atoms with van der Waals surface area (Å²) in [4.78, 5) is 27.6. The number of carbonyl (C=O) groups is 1. The van der Waals surface area contributed by atoms with Crippen LogP contribution < -0.4 is 5.32 Å². The van der Waals surface area contributed by atoms with Crippen molar-refractivity contribution in [1.29, 1.82) is 0 Å². The quantitative estimate of drug-likeness (QED) is 0.427. The van der Waals surface area contributed by atoms with Crippen molar-refractivity contribution in [2.24, 2.45) is 0 Å². The van der Waals surface area contributed by atoms with Crippen LogP contribution in [0.5, 0.6) is 0 Å². The highest BCUT2D eigenvalue weighted by atomic mass is 35.5. The maximum Gasteiger partial charge on any atom is 0.270 e. The van der Waals surface area contributed by atoms with Gasteiger partial charge in [-0.05, 0) is 31.0 Å². The molecule has 13 heteroatoms. The minimum atomic E-state index is -3.85. The van der Waals surface area contributed by atoms with Crippen molar-refractivity contribution in [3.63, 3.8) is 0 Å². The van der Waals surface area contributed by atoms with Gasteiger partial charge in [-0.25, -0.2) is 13.4 Å². The highest BCUT2D eigenvalue weighted by Crippen LogP contribution is 2.33. The van der Waals surface area contributed by atoms with E-state index in [-0.39, 0.29) is 21.6 Å². The van der Waals surface area contributed by atoms with Gasteiger partial charge in [0.25, 0.3) is 15.7 Å². The molecule has 0 bridgehead atoms. The molecule has 1 unspecified atom stereocenters. The molecule has 1 aliphatic heterocycles. The summed E-state index contributed by atoms with van der Waals surface area (Å²) in [5.41, 5.74) is 0.449. The first-order valence-corrected chi connectivity index (χ1v) is 12.3. The van der Waals surface area contributed by atoms with E-state index in [4.69, 9.17) is 11.6 Å². The number of thiazole rings is 1. The molecule has 1 aromatic carbocycles. The lowest BCUT2D eigenvalue weighted by atomic mass is 10.0. The minimum Gasteiger partial charge on any atom is -0.301 e. The number of amides is 1. The minimum absolute atomic E-state index is 0.0665. The van der Waals surface area contributed by atoms with Crippen LogP contribution in [0.1, 0.15) is 19.3 Å². The molecule has 1 saturated heterocycles. The molecule has 3 heterocycles. The van der Waals surface area contributed by atoms with Crippen molar-refractivity contribution >= 4 is 71.2 Å². The zero-order chi connectivity index (χ0) is 21.5. The Labute approximate surface area is 184 Å². The lowest BCUT2D eigenvalue weighted by molar-refractivity contribution is -0.384. The Bertz CT molecular complexity index is 1240. The fourth-order valence-corrected chi connectivity index (χ4v) is 7.45. The highest BCUT2D eigenvalue weighted by molar-refractivity contribution is 7.91. The Kier molecular flexibility index (Phi) is 5.77. The zero-order valence-electron chi connectivity index (χ0n) is 15.3. The molecule has 2 aromatic heterocycles. The second-order valence-corrected chi connectivity index (χ2v) is 11.5. The number of rotatable bonds is 5. The van der Waals surface area contributed by atoms with Crippen molar-refractivity contribution < 1.29 is 18.1 Å². The van der Waals surface area contributed by atoms with E-state index >= 15 is 0 Å². The Hall–Kier alpha value is -2.12. The predicted octanol–water partition coefficient (Wildman–Crippen LogP) is 4.10. The van der Waals surface area contributed by atoms with Gasteiger partial charge >= 0.3 is 0 Å². The Morgan fingerprint density at radius 1 is 1.27 bits per heavy atom. The summed E-state index contributed by atoms with van der Waals surface area (Å²) in [6, 6.07) is 6.32. The molecule has 3 aromatic rings. The number of piperidine rings is 1. The van der Waals surface area contributed by atoms with Crippen molar-refractivity contribution in [3.8, 4) is 0 Å². The number of benzene rings is 1. The molecule has 1 amide bonds. The third-order valence-corrected chi connectivity index (χ3v) is 9.22. The van der Waals surface area contributed by atoms with Crippen LogP contribution in [-0.4, -0.2) is 41.1 Å². The topological polar surface area (TPSA) is 123 Å². The smallest absolute Gasteiger partial charge is 0.270 e. The third kappa shape index (κ3) is 4.05. The summed E-state index contributed by atoms with van der Waals surface area (Å²) in [7, 11) is -3.85. The van der Waals surface area contributed by atoms with E-state index in [1.54, 1.807) is 0 Å². The molecule has 1 N–H and O–H groups in total. The number of anilines is 1. The number of hydrogen-bond donors (Lipinski definition) is 1. The zero-order valence-corrected chi connectivity index (χ0v) is 18.5. The molecule has 30 heavy (non-hydrogen) atoms. The molecule has 0 saturated carbocycles. The van der Waals surface area contributed by atoms with E-state index in [0.717, 1.165) is 29.1 Å². The number of hydrogen-bond acceptors (Lipinski definition) is 8. The van der Waals surface area contributed by atoms with Crippen LogP contribution in [-0.2, 0) is 14.8 Å². The maximum absolute atomic E-state index is 13.0. The number of aromatic nitrogens is 1. The number of halogens is 1. The van der Waals surface area contributed by atoms with Crippen LogP contribution in [0.15, 0.2) is 34.5 Å². The van der Waals surface area contributed by atoms with Crippen LogP contribution in [0.2, 0.25) is 4.34 Å². The second kappa shape index (κ2) is 8.19. The monoisotopic (exact) mass is 486 g/mol. The normalized spacial score (nSPS) is 17.8. The number of nitrogens with one attached hydrogen (secondary N) is 1. The second-order valence-electron chi connectivity index (χ2n) is 6.60. The lowest BCUT2D eigenvalue weighted by Crippen LogP contribution is -2.49. The Balaban J connectivity index is 1.58. The summed E-state index contributed by atoms with van der Waals surface area (Å²) >= 11 is 7.94. The summed E-state index contributed by atoms with van der Waals surface area (Å²) < 4.78 is 28.3. The van der Waals surface area contributed by atoms with E-state index < -0.39 is 26.9 Å². The van der Waals surface area contributed by atoms with Crippen LogP contribution in [0.3, 0.4) is 0 Å². The van der Waals surface area contributed by atoms with E-state index in [1.807, 2.05) is 0 Å². The standard InChI is InChI=1S/C17H15ClN4O5S3/c18-14-6-7-15(29-14)30(26,27)21-8-2-1-3-12(21)16(23)20-17-19-11-5-4-10(22(24)25)9-13(11)28-17/h4-7,9,12H,1-3,8H2,(H,19,20,23). The first kappa shape index (κ1) is 21.1. The Morgan fingerprint density at radius 3 is 2.77 bits per heavy atom. The molecule has 1 atom stereocenters. The number of thiophene rings is 1. The first-order valence-electron chi connectivity index (χ1n) is 8.89. The van der Waals surface area contributed by atoms with Gasteiger partial charge in [0.2, 0.25) is 5.91 Å². The summed E-state index contributed by atoms with van der Waals surface area (Å²) in [6.07, 6.45) is 1.77.